The SMILES string of the molecule is Cc1cc(F)ccc1-c1ccc(S(=O)(=O)N2c3ccccc3C[C@H]2C(=O)NCCOc2ccc(C(=O)O)cc2F)cc1. The number of para-hydroxylation sites is 1. The molecule has 0 aromatic heterocycles. The number of rotatable bonds is 9. The van der Waals surface area contributed by atoms with Gasteiger partial charge < -0.3 is 15.2 Å². The van der Waals surface area contributed by atoms with Crippen molar-refractivity contribution in [1.82, 2.24) is 5.32 Å². The third-order valence-electron chi connectivity index (χ3n) is 6.98. The van der Waals surface area contributed by atoms with Gasteiger partial charge in [0.1, 0.15) is 18.5 Å². The van der Waals surface area contributed by atoms with E-state index >= 15 is 0 Å². The van der Waals surface area contributed by atoms with Gasteiger partial charge in [-0.15, -0.1) is 0 Å². The Morgan fingerprint density at radius 1 is 1.00 bits per heavy atom. The Hall–Kier alpha value is -4.77. The van der Waals surface area contributed by atoms with Crippen molar-refractivity contribution in [2.75, 3.05) is 17.5 Å². The normalized spacial score (nSPS) is 14.4. The fourth-order valence-electron chi connectivity index (χ4n) is 4.93. The van der Waals surface area contributed by atoms with Gasteiger partial charge in [-0.25, -0.2) is 22.0 Å². The van der Waals surface area contributed by atoms with Crippen molar-refractivity contribution in [3.8, 4) is 16.9 Å². The van der Waals surface area contributed by atoms with Gasteiger partial charge >= 0.3 is 5.97 Å². The molecule has 2 N–H and O–H groups in total. The van der Waals surface area contributed by atoms with E-state index in [1.807, 2.05) is 0 Å². The summed E-state index contributed by atoms with van der Waals surface area (Å²) in [7, 11) is -4.17. The predicted octanol–water partition coefficient (Wildman–Crippen LogP) is 4.95. The Kier molecular flexibility index (Phi) is 7.95. The number of carbonyl (C=O) groups is 2. The number of nitrogens with zero attached hydrogens (tertiary/aromatic N) is 1. The molecule has 0 spiro atoms. The summed E-state index contributed by atoms with van der Waals surface area (Å²) in [5.41, 5.74) is 3.06. The number of fused-ring (bicyclic) bond motifs is 1. The van der Waals surface area contributed by atoms with E-state index < -0.39 is 33.8 Å². The minimum absolute atomic E-state index is 0.0101. The molecule has 0 radical (unpaired) electrons. The molecule has 0 unspecified atom stereocenters. The second-order valence-electron chi connectivity index (χ2n) is 9.72. The fraction of sp³-hybridized carbons (Fsp3) is 0.161. The molecule has 1 heterocycles. The summed E-state index contributed by atoms with van der Waals surface area (Å²) in [6.45, 7) is 1.58. The molecular weight excluding hydrogens is 566 g/mol. The van der Waals surface area contributed by atoms with E-state index in [0.29, 0.717) is 16.8 Å². The van der Waals surface area contributed by atoms with Crippen molar-refractivity contribution in [2.45, 2.75) is 24.3 Å². The summed E-state index contributed by atoms with van der Waals surface area (Å²) in [6.07, 6.45) is 0.153. The molecular formula is C31H26F2N2O6S. The summed E-state index contributed by atoms with van der Waals surface area (Å²) in [4.78, 5) is 24.2. The lowest BCUT2D eigenvalue weighted by atomic mass is 10.0. The number of carbonyl (C=O) groups excluding carboxylic acids is 1. The highest BCUT2D eigenvalue weighted by molar-refractivity contribution is 7.93. The van der Waals surface area contributed by atoms with Crippen LogP contribution < -0.4 is 14.4 Å². The van der Waals surface area contributed by atoms with Gasteiger partial charge in [0.05, 0.1) is 22.7 Å². The van der Waals surface area contributed by atoms with Crippen molar-refractivity contribution in [3.05, 3.63) is 113 Å². The van der Waals surface area contributed by atoms with E-state index in [1.165, 1.54) is 36.4 Å². The molecule has 11 heteroatoms. The topological polar surface area (TPSA) is 113 Å². The van der Waals surface area contributed by atoms with Gasteiger partial charge in [-0.2, -0.15) is 0 Å². The van der Waals surface area contributed by atoms with Crippen LogP contribution in [0.2, 0.25) is 0 Å². The molecule has 4 aromatic carbocycles. The Bertz CT molecular complexity index is 1780. The summed E-state index contributed by atoms with van der Waals surface area (Å²) in [5, 5.41) is 11.6. The van der Waals surface area contributed by atoms with Gasteiger partial charge in [0.25, 0.3) is 10.0 Å². The van der Waals surface area contributed by atoms with Gasteiger partial charge in [0.15, 0.2) is 11.6 Å². The van der Waals surface area contributed by atoms with Crippen LogP contribution in [0.1, 0.15) is 21.5 Å². The minimum Gasteiger partial charge on any atom is -0.489 e. The number of carboxylic acid groups (broad SMARTS) is 1. The second kappa shape index (κ2) is 11.6. The first-order chi connectivity index (χ1) is 20.1. The van der Waals surface area contributed by atoms with Crippen molar-refractivity contribution in [1.29, 1.82) is 0 Å². The number of anilines is 1. The van der Waals surface area contributed by atoms with E-state index in [1.54, 1.807) is 49.4 Å². The van der Waals surface area contributed by atoms with Crippen LogP contribution in [0.5, 0.6) is 5.75 Å². The monoisotopic (exact) mass is 592 g/mol. The molecule has 1 aliphatic heterocycles. The largest absolute Gasteiger partial charge is 0.489 e. The van der Waals surface area contributed by atoms with E-state index in [-0.39, 0.29) is 41.6 Å². The van der Waals surface area contributed by atoms with Crippen molar-refractivity contribution < 1.29 is 36.6 Å². The Balaban J connectivity index is 1.32. The van der Waals surface area contributed by atoms with Crippen LogP contribution in [0, 0.1) is 18.6 Å². The number of aryl methyl sites for hydroxylation is 1. The summed E-state index contributed by atoms with van der Waals surface area (Å²) >= 11 is 0. The van der Waals surface area contributed by atoms with Gasteiger partial charge in [-0.05, 0) is 77.7 Å². The number of carboxylic acids is 1. The molecule has 0 fully saturated rings. The highest BCUT2D eigenvalue weighted by Crippen LogP contribution is 2.37. The van der Waals surface area contributed by atoms with Gasteiger partial charge in [-0.3, -0.25) is 9.10 Å². The maximum atomic E-state index is 14.1. The van der Waals surface area contributed by atoms with Gasteiger partial charge in [0, 0.05) is 6.42 Å². The lowest BCUT2D eigenvalue weighted by Gasteiger charge is -2.26. The van der Waals surface area contributed by atoms with Gasteiger partial charge in [-0.1, -0.05) is 36.4 Å². The molecule has 5 rings (SSSR count). The second-order valence-corrected chi connectivity index (χ2v) is 11.5. The zero-order chi connectivity index (χ0) is 30.0. The molecule has 0 bridgehead atoms. The molecule has 1 atom stereocenters. The molecule has 0 saturated heterocycles. The number of amides is 1. The van der Waals surface area contributed by atoms with Crippen molar-refractivity contribution in [2.24, 2.45) is 0 Å². The fourth-order valence-corrected chi connectivity index (χ4v) is 6.58. The Morgan fingerprint density at radius 3 is 2.43 bits per heavy atom. The number of nitrogens with one attached hydrogen (secondary N) is 1. The van der Waals surface area contributed by atoms with Crippen LogP contribution in [0.3, 0.4) is 0 Å². The van der Waals surface area contributed by atoms with Crippen LogP contribution in [0.25, 0.3) is 11.1 Å². The van der Waals surface area contributed by atoms with E-state index in [9.17, 15) is 26.8 Å². The maximum Gasteiger partial charge on any atom is 0.335 e. The molecule has 1 amide bonds. The average molecular weight is 593 g/mol. The first-order valence-corrected chi connectivity index (χ1v) is 14.4. The lowest BCUT2D eigenvalue weighted by Crippen LogP contribution is -2.48. The zero-order valence-corrected chi connectivity index (χ0v) is 23.2. The third-order valence-corrected chi connectivity index (χ3v) is 8.81. The molecule has 216 valence electrons. The number of hydrogen-bond donors (Lipinski definition) is 2. The average Bonchev–Trinajstić information content (AvgIpc) is 3.37. The highest BCUT2D eigenvalue weighted by atomic mass is 32.2. The van der Waals surface area contributed by atoms with E-state index in [0.717, 1.165) is 21.5 Å². The van der Waals surface area contributed by atoms with Crippen molar-refractivity contribution in [3.63, 3.8) is 0 Å². The standard InChI is InChI=1S/C31H26F2N2O6S/c1-19-16-23(32)9-12-25(19)20-6-10-24(11-7-20)42(39,40)35-27-5-3-2-4-21(27)18-28(35)30(36)34-14-15-41-29-13-8-22(31(37)38)17-26(29)33/h2-13,16-17,28H,14-15,18H2,1H3,(H,34,36)(H,37,38)/t28-/m0/s1. The van der Waals surface area contributed by atoms with Crippen LogP contribution in [0.15, 0.2) is 89.8 Å². The quantitative estimate of drug-likeness (QED) is 0.266. The zero-order valence-electron chi connectivity index (χ0n) is 22.4. The van der Waals surface area contributed by atoms with Crippen molar-refractivity contribution >= 4 is 27.6 Å². The number of halogens is 2. The first-order valence-electron chi connectivity index (χ1n) is 13.0. The van der Waals surface area contributed by atoms with Crippen LogP contribution in [0.4, 0.5) is 14.5 Å². The lowest BCUT2D eigenvalue weighted by molar-refractivity contribution is -0.122. The first kappa shape index (κ1) is 28.7. The molecule has 42 heavy (non-hydrogen) atoms. The summed E-state index contributed by atoms with van der Waals surface area (Å²) in [5.74, 6) is -3.22. The number of benzene rings is 4. The highest BCUT2D eigenvalue weighted by Gasteiger charge is 2.42. The Labute approximate surface area is 241 Å². The number of hydrogen-bond acceptors (Lipinski definition) is 5. The number of ether oxygens (including phenoxy) is 1. The van der Waals surface area contributed by atoms with Crippen LogP contribution >= 0.6 is 0 Å². The molecule has 8 nitrogen and oxygen atoms in total. The molecule has 0 aliphatic carbocycles. The van der Waals surface area contributed by atoms with E-state index in [2.05, 4.69) is 5.32 Å². The van der Waals surface area contributed by atoms with Crippen LogP contribution in [-0.2, 0) is 21.2 Å². The van der Waals surface area contributed by atoms with Crippen LogP contribution in [-0.4, -0.2) is 44.6 Å². The molecule has 1 aliphatic rings. The number of aromatic carboxylic acids is 1. The smallest absolute Gasteiger partial charge is 0.335 e. The predicted molar refractivity (Wildman–Crippen MR) is 152 cm³/mol. The molecule has 0 saturated carbocycles. The number of sulfonamides is 1. The summed E-state index contributed by atoms with van der Waals surface area (Å²) < 4.78 is 61.9. The minimum atomic E-state index is -4.17. The van der Waals surface area contributed by atoms with Gasteiger partial charge in [0.2, 0.25) is 5.91 Å². The van der Waals surface area contributed by atoms with E-state index in [4.69, 9.17) is 9.84 Å². The maximum absolute atomic E-state index is 14.1. The third kappa shape index (κ3) is 5.68. The summed E-state index contributed by atoms with van der Waals surface area (Å²) in [6, 6.07) is 19.6. The Morgan fingerprint density at radius 2 is 1.74 bits per heavy atom. The molecule has 4 aromatic rings.